The molecule has 11 heteroatoms. The maximum atomic E-state index is 15.0. The Bertz CT molecular complexity index is 2070. The summed E-state index contributed by atoms with van der Waals surface area (Å²) in [6, 6.07) is 36.7. The molecule has 0 aliphatic heterocycles. The molecular formula is C46H48N2O9. The van der Waals surface area contributed by atoms with Crippen LogP contribution in [0.5, 0.6) is 23.0 Å². The lowest BCUT2D eigenvalue weighted by Crippen LogP contribution is -2.64. The fraction of sp³-hybridized carbons (Fsp3) is 0.304. The van der Waals surface area contributed by atoms with Gasteiger partial charge >= 0.3 is 11.9 Å². The Kier molecular flexibility index (Phi) is 13.4. The quantitative estimate of drug-likeness (QED) is 0.0867. The average Bonchev–Trinajstić information content (AvgIpc) is 3.74. The molecule has 0 bridgehead atoms. The normalized spacial score (nSPS) is 17.7. The zero-order valence-electron chi connectivity index (χ0n) is 32.4. The number of rotatable bonds is 18. The van der Waals surface area contributed by atoms with Gasteiger partial charge in [0.1, 0.15) is 28.8 Å². The number of hydrogen-bond donors (Lipinski definition) is 1. The molecule has 0 radical (unpaired) electrons. The third kappa shape index (κ3) is 9.91. The van der Waals surface area contributed by atoms with E-state index in [4.69, 9.17) is 18.6 Å². The van der Waals surface area contributed by atoms with E-state index >= 15 is 0 Å². The molecule has 1 fully saturated rings. The Balaban J connectivity index is 1.30. The second kappa shape index (κ2) is 19.0. The summed E-state index contributed by atoms with van der Waals surface area (Å²) >= 11 is 0. The molecule has 11 nitrogen and oxygen atoms in total. The molecular weight excluding hydrogens is 725 g/mol. The van der Waals surface area contributed by atoms with Crippen molar-refractivity contribution in [2.24, 2.45) is 23.7 Å². The smallest absolute Gasteiger partial charge is 0.307 e. The molecule has 5 aromatic rings. The molecule has 0 saturated heterocycles. The molecule has 5 unspecified atom stereocenters. The van der Waals surface area contributed by atoms with Gasteiger partial charge in [-0.2, -0.15) is 0 Å². The Morgan fingerprint density at radius 2 is 1.07 bits per heavy atom. The van der Waals surface area contributed by atoms with Crippen LogP contribution in [-0.2, 0) is 37.0 Å². The first-order valence-corrected chi connectivity index (χ1v) is 19.3. The molecule has 2 amide bonds. The van der Waals surface area contributed by atoms with E-state index in [1.165, 1.54) is 13.2 Å². The van der Waals surface area contributed by atoms with Crippen molar-refractivity contribution in [1.29, 1.82) is 0 Å². The summed E-state index contributed by atoms with van der Waals surface area (Å²) in [4.78, 5) is 58.7. The Morgan fingerprint density at radius 1 is 0.614 bits per heavy atom. The van der Waals surface area contributed by atoms with E-state index in [9.17, 15) is 24.3 Å². The van der Waals surface area contributed by atoms with Crippen LogP contribution in [0.3, 0.4) is 0 Å². The first-order valence-electron chi connectivity index (χ1n) is 19.3. The van der Waals surface area contributed by atoms with Crippen LogP contribution >= 0.6 is 0 Å². The Labute approximate surface area is 332 Å². The number of ether oxygens (including phenoxy) is 3. The van der Waals surface area contributed by atoms with Gasteiger partial charge in [-0.1, -0.05) is 74.5 Å². The number of hydrogen-bond acceptors (Lipinski definition) is 8. The van der Waals surface area contributed by atoms with Crippen molar-refractivity contribution in [3.8, 4) is 23.0 Å². The number of amides is 2. The van der Waals surface area contributed by atoms with Crippen LogP contribution in [0.1, 0.15) is 56.6 Å². The molecule has 1 saturated carbocycles. The third-order valence-electron chi connectivity index (χ3n) is 10.1. The maximum absolute atomic E-state index is 15.0. The number of nitrogens with zero attached hydrogens (tertiary/aromatic N) is 2. The van der Waals surface area contributed by atoms with Crippen molar-refractivity contribution in [2.45, 2.75) is 52.8 Å². The Hall–Kier alpha value is -6.36. The molecule has 1 aliphatic carbocycles. The monoisotopic (exact) mass is 772 g/mol. The van der Waals surface area contributed by atoms with Gasteiger partial charge in [0, 0.05) is 39.0 Å². The lowest BCUT2D eigenvalue weighted by Gasteiger charge is -2.52. The van der Waals surface area contributed by atoms with Crippen molar-refractivity contribution in [3.63, 3.8) is 0 Å². The molecule has 1 aliphatic rings. The highest BCUT2D eigenvalue weighted by Crippen LogP contribution is 2.55. The second-order valence-electron chi connectivity index (χ2n) is 14.2. The first-order chi connectivity index (χ1) is 27.7. The number of carbonyl (C=O) groups is 4. The van der Waals surface area contributed by atoms with Crippen LogP contribution in [0.15, 0.2) is 132 Å². The van der Waals surface area contributed by atoms with Gasteiger partial charge in [0.15, 0.2) is 6.10 Å². The molecule has 296 valence electrons. The number of esters is 1. The van der Waals surface area contributed by atoms with Crippen molar-refractivity contribution >= 4 is 23.8 Å². The van der Waals surface area contributed by atoms with Gasteiger partial charge < -0.3 is 33.5 Å². The highest BCUT2D eigenvalue weighted by Gasteiger charge is 2.65. The number of benzene rings is 4. The van der Waals surface area contributed by atoms with Gasteiger partial charge in [-0.15, -0.1) is 0 Å². The highest BCUT2D eigenvalue weighted by atomic mass is 16.6. The van der Waals surface area contributed by atoms with Gasteiger partial charge in [-0.25, -0.2) is 0 Å². The van der Waals surface area contributed by atoms with Crippen LogP contribution in [-0.4, -0.2) is 51.7 Å². The predicted octanol–water partition coefficient (Wildman–Crippen LogP) is 8.91. The summed E-state index contributed by atoms with van der Waals surface area (Å²) in [6.45, 7) is 6.17. The third-order valence-corrected chi connectivity index (χ3v) is 10.1. The van der Waals surface area contributed by atoms with Gasteiger partial charge in [-0.05, 0) is 84.6 Å². The average molecular weight is 773 g/mol. The SMILES string of the molecule is CCCN(Cc1ccc(Oc2ccccc2)cc1)C(=O)C1C(C(=O)O)C(C(OC(C)=O)c2ccco2)C1C(=O)N(CCC)Cc1ccc(Oc2ccccc2)cc1. The van der Waals surface area contributed by atoms with E-state index in [1.807, 2.05) is 123 Å². The molecule has 1 aromatic heterocycles. The molecule has 57 heavy (non-hydrogen) atoms. The zero-order chi connectivity index (χ0) is 40.3. The molecule has 6 rings (SSSR count). The van der Waals surface area contributed by atoms with Crippen LogP contribution < -0.4 is 9.47 Å². The standard InChI is InChI=1S/C46H48N2O9/c1-4-26-47(29-32-18-22-36(23-19-32)56-34-13-8-6-9-14-34)44(50)40-39(43(55-31(3)49)38-17-12-28-54-38)42(46(52)53)41(40)45(51)48(27-5-2)30-33-20-24-37(25-21-33)57-35-15-10-7-11-16-35/h6-25,28,39-43H,4-5,26-27,29-30H2,1-3H3,(H,52,53). The largest absolute Gasteiger partial charge is 0.481 e. The molecule has 0 spiro atoms. The van der Waals surface area contributed by atoms with Crippen LogP contribution in [0.2, 0.25) is 0 Å². The van der Waals surface area contributed by atoms with Crippen molar-refractivity contribution in [1.82, 2.24) is 9.80 Å². The summed E-state index contributed by atoms with van der Waals surface area (Å²) in [6.07, 6.45) is 1.39. The van der Waals surface area contributed by atoms with Crippen molar-refractivity contribution in [3.05, 3.63) is 144 Å². The van der Waals surface area contributed by atoms with E-state index in [2.05, 4.69) is 0 Å². The minimum absolute atomic E-state index is 0.189. The summed E-state index contributed by atoms with van der Waals surface area (Å²) in [5, 5.41) is 10.8. The van der Waals surface area contributed by atoms with E-state index in [0.717, 1.165) is 11.1 Å². The van der Waals surface area contributed by atoms with Crippen molar-refractivity contribution < 1.29 is 42.9 Å². The van der Waals surface area contributed by atoms with E-state index < -0.39 is 53.5 Å². The molecule has 1 N–H and O–H groups in total. The minimum Gasteiger partial charge on any atom is -0.481 e. The van der Waals surface area contributed by atoms with Gasteiger partial charge in [-0.3, -0.25) is 19.2 Å². The van der Waals surface area contributed by atoms with Gasteiger partial charge in [0.2, 0.25) is 11.8 Å². The number of aliphatic carboxylic acids is 1. The second-order valence-corrected chi connectivity index (χ2v) is 14.2. The topological polar surface area (TPSA) is 136 Å². The van der Waals surface area contributed by atoms with Crippen LogP contribution in [0, 0.1) is 23.7 Å². The maximum Gasteiger partial charge on any atom is 0.307 e. The fourth-order valence-corrected chi connectivity index (χ4v) is 7.57. The highest BCUT2D eigenvalue weighted by molar-refractivity contribution is 5.95. The Morgan fingerprint density at radius 3 is 1.47 bits per heavy atom. The lowest BCUT2D eigenvalue weighted by molar-refractivity contribution is -0.196. The fourth-order valence-electron chi connectivity index (χ4n) is 7.57. The van der Waals surface area contributed by atoms with Crippen LogP contribution in [0.4, 0.5) is 0 Å². The number of para-hydroxylation sites is 2. The number of furan rings is 1. The number of carbonyl (C=O) groups excluding carboxylic acids is 3. The van der Waals surface area contributed by atoms with E-state index in [0.29, 0.717) is 48.9 Å². The van der Waals surface area contributed by atoms with Gasteiger partial charge in [0.05, 0.1) is 24.0 Å². The zero-order valence-corrected chi connectivity index (χ0v) is 32.4. The molecule has 1 heterocycles. The summed E-state index contributed by atoms with van der Waals surface area (Å²) in [5.41, 5.74) is 1.63. The predicted molar refractivity (Wildman–Crippen MR) is 212 cm³/mol. The molecule has 4 aromatic carbocycles. The summed E-state index contributed by atoms with van der Waals surface area (Å²) in [7, 11) is 0. The minimum atomic E-state index is -1.35. The summed E-state index contributed by atoms with van der Waals surface area (Å²) < 4.78 is 23.3. The van der Waals surface area contributed by atoms with E-state index in [1.54, 1.807) is 21.9 Å². The van der Waals surface area contributed by atoms with Crippen molar-refractivity contribution in [2.75, 3.05) is 13.1 Å². The van der Waals surface area contributed by atoms with Crippen LogP contribution in [0.25, 0.3) is 0 Å². The first kappa shape index (κ1) is 40.3. The molecule has 5 atom stereocenters. The number of carboxylic acid groups (broad SMARTS) is 1. The number of carboxylic acids is 1. The lowest BCUT2D eigenvalue weighted by atomic mass is 9.53. The summed E-state index contributed by atoms with van der Waals surface area (Å²) in [5.74, 6) is -4.76. The van der Waals surface area contributed by atoms with Gasteiger partial charge in [0.25, 0.3) is 0 Å². The van der Waals surface area contributed by atoms with E-state index in [-0.39, 0.29) is 18.8 Å².